The van der Waals surface area contributed by atoms with E-state index in [0.717, 1.165) is 0 Å². The molecule has 10 heavy (non-hydrogen) atoms. The molecule has 2 N–H and O–H groups in total. The van der Waals surface area contributed by atoms with Gasteiger partial charge in [0.1, 0.15) is 4.90 Å². The Labute approximate surface area is 58.4 Å². The highest BCUT2D eigenvalue weighted by molar-refractivity contribution is 7.97. The number of sulfone groups is 1. The van der Waals surface area contributed by atoms with Crippen molar-refractivity contribution in [2.45, 2.75) is 9.79 Å². The van der Waals surface area contributed by atoms with Gasteiger partial charge in [-0.3, -0.25) is 0 Å². The zero-order valence-electron chi connectivity index (χ0n) is 5.03. The van der Waals surface area contributed by atoms with Crippen LogP contribution in [0.2, 0.25) is 0 Å². The molecular weight excluding hydrogens is 150 g/mol. The molecule has 0 unspecified atom stereocenters. The molecule has 1 aliphatic heterocycles. The molecule has 0 saturated carbocycles. The van der Waals surface area contributed by atoms with E-state index in [9.17, 15) is 8.42 Å². The number of nitrogen functional groups attached to an aromatic ring is 1. The fourth-order valence-corrected chi connectivity index (χ4v) is 2.43. The zero-order valence-corrected chi connectivity index (χ0v) is 5.85. The van der Waals surface area contributed by atoms with E-state index >= 15 is 0 Å². The topological polar surface area (TPSA) is 60.2 Å². The predicted octanol–water partition coefficient (Wildman–Crippen LogP) is 0.415. The molecule has 0 saturated heterocycles. The molecule has 1 aromatic rings. The number of hydrogen-bond acceptors (Lipinski definition) is 3. The van der Waals surface area contributed by atoms with Crippen molar-refractivity contribution in [2.75, 3.05) is 5.73 Å². The van der Waals surface area contributed by atoms with Crippen molar-refractivity contribution in [3.63, 3.8) is 0 Å². The fourth-order valence-electron chi connectivity index (χ4n) is 0.986. The van der Waals surface area contributed by atoms with Gasteiger partial charge in [-0.2, -0.15) is 0 Å². The number of rotatable bonds is 0. The quantitative estimate of drug-likeness (QED) is 0.443. The van der Waals surface area contributed by atoms with E-state index in [1.54, 1.807) is 18.2 Å². The van der Waals surface area contributed by atoms with E-state index < -0.39 is 9.84 Å². The van der Waals surface area contributed by atoms with Gasteiger partial charge in [0.15, 0.2) is 0 Å². The van der Waals surface area contributed by atoms with Gasteiger partial charge in [-0.25, -0.2) is 8.42 Å². The van der Waals surface area contributed by atoms with E-state index in [1.165, 1.54) is 0 Å². The summed E-state index contributed by atoms with van der Waals surface area (Å²) in [6.45, 7) is 0. The van der Waals surface area contributed by atoms with Gasteiger partial charge in [0, 0.05) is 0 Å². The minimum atomic E-state index is -3.03. The minimum Gasteiger partial charge on any atom is -0.398 e. The molecule has 0 amide bonds. The van der Waals surface area contributed by atoms with Crippen molar-refractivity contribution >= 4 is 15.5 Å². The Morgan fingerprint density at radius 2 is 2.00 bits per heavy atom. The van der Waals surface area contributed by atoms with Gasteiger partial charge in [-0.05, 0) is 12.1 Å². The first-order valence-corrected chi connectivity index (χ1v) is 4.26. The van der Waals surface area contributed by atoms with Crippen LogP contribution >= 0.6 is 0 Å². The largest absolute Gasteiger partial charge is 0.398 e. The average molecular weight is 155 g/mol. The first-order valence-electron chi connectivity index (χ1n) is 2.77. The summed E-state index contributed by atoms with van der Waals surface area (Å²) in [4.78, 5) is 0.697. The number of fused-ring (bicyclic) bond motifs is 1. The smallest absolute Gasteiger partial charge is 0.211 e. The van der Waals surface area contributed by atoms with Gasteiger partial charge >= 0.3 is 0 Å². The van der Waals surface area contributed by atoms with Crippen LogP contribution in [0.3, 0.4) is 0 Å². The van der Waals surface area contributed by atoms with Crippen LogP contribution in [0.15, 0.2) is 28.0 Å². The van der Waals surface area contributed by atoms with Gasteiger partial charge < -0.3 is 5.73 Å². The molecule has 3 nitrogen and oxygen atoms in total. The van der Waals surface area contributed by atoms with Crippen molar-refractivity contribution in [3.05, 3.63) is 18.2 Å². The normalized spacial score (nSPS) is 18.0. The van der Waals surface area contributed by atoms with E-state index in [2.05, 4.69) is 0 Å². The van der Waals surface area contributed by atoms with Crippen LogP contribution in [0.4, 0.5) is 5.69 Å². The summed E-state index contributed by atoms with van der Waals surface area (Å²) in [5.74, 6) is 0. The van der Waals surface area contributed by atoms with E-state index in [-0.39, 0.29) is 0 Å². The monoisotopic (exact) mass is 155 g/mol. The Hall–Kier alpha value is -1.03. The van der Waals surface area contributed by atoms with E-state index in [4.69, 9.17) is 5.73 Å². The lowest BCUT2D eigenvalue weighted by Gasteiger charge is -1.80. The summed E-state index contributed by atoms with van der Waals surface area (Å²) in [6, 6.07) is 4.78. The number of anilines is 1. The number of benzene rings is 1. The molecule has 52 valence electrons. The maximum absolute atomic E-state index is 10.9. The van der Waals surface area contributed by atoms with Crippen molar-refractivity contribution in [3.8, 4) is 0 Å². The molecule has 2 rings (SSSR count). The SMILES string of the molecule is Nc1cccc2c1S2(=O)=O. The molecule has 0 atom stereocenters. The minimum absolute atomic E-state index is 0.315. The average Bonchev–Trinajstić information content (AvgIpc) is 2.38. The molecule has 0 bridgehead atoms. The number of hydrogen-bond donors (Lipinski definition) is 1. The van der Waals surface area contributed by atoms with Gasteiger partial charge in [-0.15, -0.1) is 0 Å². The second-order valence-electron chi connectivity index (χ2n) is 2.18. The summed E-state index contributed by atoms with van der Waals surface area (Å²) in [7, 11) is -3.03. The summed E-state index contributed by atoms with van der Waals surface area (Å²) in [6.07, 6.45) is 0. The molecule has 0 aromatic heterocycles. The standard InChI is InChI=1S/C6H5NO2S/c7-4-2-1-3-5-6(4)10(5,8)9/h1-3H,7H2. The van der Waals surface area contributed by atoms with Crippen LogP contribution in [-0.2, 0) is 9.84 Å². The molecule has 4 heteroatoms. The Bertz CT molecular complexity index is 394. The van der Waals surface area contributed by atoms with Crippen LogP contribution in [0.25, 0.3) is 0 Å². The summed E-state index contributed by atoms with van der Waals surface area (Å²) < 4.78 is 21.7. The molecule has 1 heterocycles. The molecule has 0 aliphatic carbocycles. The molecule has 0 fully saturated rings. The Morgan fingerprint density at radius 3 is 2.50 bits per heavy atom. The molecule has 1 aromatic carbocycles. The van der Waals surface area contributed by atoms with Crippen LogP contribution in [0.5, 0.6) is 0 Å². The lowest BCUT2D eigenvalue weighted by atomic mass is 10.3. The maximum atomic E-state index is 10.9. The van der Waals surface area contributed by atoms with Crippen molar-refractivity contribution in [1.29, 1.82) is 0 Å². The van der Waals surface area contributed by atoms with Gasteiger partial charge in [-0.1, -0.05) is 6.07 Å². The van der Waals surface area contributed by atoms with Crippen molar-refractivity contribution in [1.82, 2.24) is 0 Å². The summed E-state index contributed by atoms with van der Waals surface area (Å²) in [5.41, 5.74) is 5.73. The first kappa shape index (κ1) is 5.73. The van der Waals surface area contributed by atoms with Crippen LogP contribution in [-0.4, -0.2) is 8.42 Å². The Morgan fingerprint density at radius 1 is 1.30 bits per heavy atom. The van der Waals surface area contributed by atoms with Crippen LogP contribution < -0.4 is 5.73 Å². The Balaban J connectivity index is 2.86. The lowest BCUT2D eigenvalue weighted by molar-refractivity contribution is 0.612. The van der Waals surface area contributed by atoms with Crippen LogP contribution in [0, 0.1) is 0 Å². The lowest BCUT2D eigenvalue weighted by Crippen LogP contribution is -1.82. The maximum Gasteiger partial charge on any atom is 0.211 e. The van der Waals surface area contributed by atoms with Gasteiger partial charge in [0.05, 0.1) is 10.6 Å². The fraction of sp³-hybridized carbons (Fsp3) is 0. The van der Waals surface area contributed by atoms with Crippen LogP contribution in [0.1, 0.15) is 0 Å². The van der Waals surface area contributed by atoms with Gasteiger partial charge in [0.25, 0.3) is 0 Å². The second kappa shape index (κ2) is 1.34. The molecule has 0 spiro atoms. The molecule has 1 aliphatic rings. The van der Waals surface area contributed by atoms with Crippen molar-refractivity contribution in [2.24, 2.45) is 0 Å². The first-order chi connectivity index (χ1) is 4.64. The summed E-state index contributed by atoms with van der Waals surface area (Å²) >= 11 is 0. The van der Waals surface area contributed by atoms with E-state index in [0.29, 0.717) is 15.5 Å². The van der Waals surface area contributed by atoms with Crippen molar-refractivity contribution < 1.29 is 8.42 Å². The molecular formula is C6H5NO2S. The third-order valence-electron chi connectivity index (χ3n) is 1.53. The highest BCUT2D eigenvalue weighted by Gasteiger charge is 2.40. The zero-order chi connectivity index (χ0) is 7.35. The molecule has 0 radical (unpaired) electrons. The van der Waals surface area contributed by atoms with E-state index in [1.807, 2.05) is 0 Å². The second-order valence-corrected chi connectivity index (χ2v) is 4.03. The third-order valence-corrected chi connectivity index (χ3v) is 3.23. The summed E-state index contributed by atoms with van der Waals surface area (Å²) in [5, 5.41) is 0. The number of nitrogens with two attached hydrogens (primary N) is 1. The third kappa shape index (κ3) is 0.471. The Kier molecular flexibility index (Phi) is 0.771. The predicted molar refractivity (Wildman–Crippen MR) is 36.3 cm³/mol. The highest BCUT2D eigenvalue weighted by atomic mass is 32.2. The highest BCUT2D eigenvalue weighted by Crippen LogP contribution is 2.43. The van der Waals surface area contributed by atoms with Gasteiger partial charge in [0.2, 0.25) is 9.84 Å².